The number of nitrogen functional groups attached to an aromatic ring is 1. The minimum Gasteiger partial charge on any atom is -0.396 e. The van der Waals surface area contributed by atoms with Crippen molar-refractivity contribution in [3.8, 4) is 0 Å². The van der Waals surface area contributed by atoms with Crippen LogP contribution in [0.25, 0.3) is 0 Å². The zero-order chi connectivity index (χ0) is 12.1. The summed E-state index contributed by atoms with van der Waals surface area (Å²) in [6.07, 6.45) is 2.78. The molecule has 1 rings (SSSR count). The van der Waals surface area contributed by atoms with Gasteiger partial charge in [0.25, 0.3) is 0 Å². The molecule has 1 unspecified atom stereocenters. The molecular formula is C12H23N3O. The maximum absolute atomic E-state index is 6.08. The molecule has 2 N–H and O–H groups in total. The van der Waals surface area contributed by atoms with Crippen LogP contribution in [0.15, 0.2) is 0 Å². The van der Waals surface area contributed by atoms with Crippen LogP contribution >= 0.6 is 0 Å². The van der Waals surface area contributed by atoms with Gasteiger partial charge in [-0.2, -0.15) is 5.10 Å². The maximum atomic E-state index is 6.08. The first-order valence-corrected chi connectivity index (χ1v) is 6.00. The molecule has 4 heteroatoms. The van der Waals surface area contributed by atoms with Gasteiger partial charge in [-0.1, -0.05) is 13.8 Å². The van der Waals surface area contributed by atoms with E-state index < -0.39 is 0 Å². The van der Waals surface area contributed by atoms with Gasteiger partial charge < -0.3 is 10.5 Å². The predicted octanol–water partition coefficient (Wildman–Crippen LogP) is 2.19. The lowest BCUT2D eigenvalue weighted by molar-refractivity contribution is 0.178. The highest BCUT2D eigenvalue weighted by molar-refractivity contribution is 5.48. The summed E-state index contributed by atoms with van der Waals surface area (Å²) in [7, 11) is 1.72. The number of hydrogen-bond donors (Lipinski definition) is 1. The van der Waals surface area contributed by atoms with Gasteiger partial charge in [-0.15, -0.1) is 0 Å². The highest BCUT2D eigenvalue weighted by atomic mass is 16.5. The summed E-state index contributed by atoms with van der Waals surface area (Å²) in [5.74, 6) is 0. The topological polar surface area (TPSA) is 53.1 Å². The molecule has 0 aromatic carbocycles. The van der Waals surface area contributed by atoms with Gasteiger partial charge in [0.05, 0.1) is 23.1 Å². The van der Waals surface area contributed by atoms with E-state index in [-0.39, 0.29) is 0 Å². The molecule has 1 heterocycles. The second-order valence-electron chi connectivity index (χ2n) is 4.09. The van der Waals surface area contributed by atoms with Crippen LogP contribution in [0.4, 0.5) is 5.69 Å². The van der Waals surface area contributed by atoms with Gasteiger partial charge in [0.15, 0.2) is 0 Å². The van der Waals surface area contributed by atoms with Crippen molar-refractivity contribution in [3.05, 3.63) is 11.4 Å². The van der Waals surface area contributed by atoms with Crippen molar-refractivity contribution in [1.29, 1.82) is 0 Å². The molecule has 1 atom stereocenters. The van der Waals surface area contributed by atoms with E-state index in [0.29, 0.717) is 6.04 Å². The van der Waals surface area contributed by atoms with Crippen LogP contribution in [-0.4, -0.2) is 23.5 Å². The number of nitrogens with zero attached hydrogens (tertiary/aromatic N) is 2. The third-order valence-corrected chi connectivity index (χ3v) is 2.95. The van der Waals surface area contributed by atoms with E-state index in [9.17, 15) is 0 Å². The van der Waals surface area contributed by atoms with Crippen LogP contribution in [0.2, 0.25) is 0 Å². The van der Waals surface area contributed by atoms with Crippen molar-refractivity contribution in [3.63, 3.8) is 0 Å². The summed E-state index contributed by atoms with van der Waals surface area (Å²) in [6, 6.07) is 0.345. The average Bonchev–Trinajstić information content (AvgIpc) is 2.62. The molecule has 0 bridgehead atoms. The second kappa shape index (κ2) is 5.89. The number of methoxy groups -OCH3 is 1. The van der Waals surface area contributed by atoms with E-state index in [1.54, 1.807) is 7.11 Å². The van der Waals surface area contributed by atoms with Crippen LogP contribution < -0.4 is 5.73 Å². The third-order valence-electron chi connectivity index (χ3n) is 2.95. The molecule has 0 aliphatic rings. The zero-order valence-electron chi connectivity index (χ0n) is 10.8. The molecule has 16 heavy (non-hydrogen) atoms. The number of nitrogens with two attached hydrogens (primary N) is 1. The number of aromatic nitrogens is 2. The molecule has 1 aromatic rings. The Kier molecular flexibility index (Phi) is 4.80. The van der Waals surface area contributed by atoms with Crippen LogP contribution in [0.3, 0.4) is 0 Å². The lowest BCUT2D eigenvalue weighted by Crippen LogP contribution is -2.12. The first kappa shape index (κ1) is 13.0. The molecule has 0 aliphatic carbocycles. The fraction of sp³-hybridized carbons (Fsp3) is 0.750. The largest absolute Gasteiger partial charge is 0.396 e. The minimum absolute atomic E-state index is 0.345. The van der Waals surface area contributed by atoms with Gasteiger partial charge in [-0.25, -0.2) is 0 Å². The van der Waals surface area contributed by atoms with Crippen molar-refractivity contribution in [1.82, 2.24) is 9.78 Å². The second-order valence-corrected chi connectivity index (χ2v) is 4.09. The Balaban J connectivity index is 2.93. The standard InChI is InChI=1S/C12H23N3O/c1-5-10-12(13)11(6-2)15(14-10)9(3)7-8-16-4/h9H,5-8,13H2,1-4H3. The summed E-state index contributed by atoms with van der Waals surface area (Å²) >= 11 is 0. The first-order chi connectivity index (χ1) is 7.65. The zero-order valence-corrected chi connectivity index (χ0v) is 10.8. The molecule has 0 amide bonds. The molecular weight excluding hydrogens is 202 g/mol. The Morgan fingerprint density at radius 2 is 2.06 bits per heavy atom. The molecule has 0 radical (unpaired) electrons. The molecule has 92 valence electrons. The SMILES string of the molecule is CCc1nn(C(C)CCOC)c(CC)c1N. The average molecular weight is 225 g/mol. The van der Waals surface area contributed by atoms with Crippen LogP contribution in [0, 0.1) is 0 Å². The summed E-state index contributed by atoms with van der Waals surface area (Å²) in [6.45, 7) is 7.12. The molecule has 0 aliphatic heterocycles. The van der Waals surface area contributed by atoms with E-state index in [1.807, 2.05) is 0 Å². The lowest BCUT2D eigenvalue weighted by Gasteiger charge is -2.14. The first-order valence-electron chi connectivity index (χ1n) is 6.00. The van der Waals surface area contributed by atoms with Crippen molar-refractivity contribution in [2.45, 2.75) is 46.1 Å². The Hall–Kier alpha value is -1.03. The number of anilines is 1. The Bertz CT molecular complexity index is 333. The van der Waals surface area contributed by atoms with Crippen molar-refractivity contribution in [2.24, 2.45) is 0 Å². The normalized spacial score (nSPS) is 13.0. The maximum Gasteiger partial charge on any atom is 0.0854 e. The van der Waals surface area contributed by atoms with Crippen molar-refractivity contribution >= 4 is 5.69 Å². The van der Waals surface area contributed by atoms with Crippen molar-refractivity contribution < 1.29 is 4.74 Å². The van der Waals surface area contributed by atoms with Crippen LogP contribution in [0.1, 0.15) is 44.6 Å². The van der Waals surface area contributed by atoms with Gasteiger partial charge in [-0.05, 0) is 26.2 Å². The fourth-order valence-corrected chi connectivity index (χ4v) is 1.92. The Morgan fingerprint density at radius 1 is 1.38 bits per heavy atom. The van der Waals surface area contributed by atoms with E-state index in [0.717, 1.165) is 42.9 Å². The highest BCUT2D eigenvalue weighted by Crippen LogP contribution is 2.23. The molecule has 1 aromatic heterocycles. The molecule has 0 saturated heterocycles. The van der Waals surface area contributed by atoms with E-state index >= 15 is 0 Å². The van der Waals surface area contributed by atoms with Gasteiger partial charge >= 0.3 is 0 Å². The predicted molar refractivity (Wildman–Crippen MR) is 66.6 cm³/mol. The quantitative estimate of drug-likeness (QED) is 0.807. The molecule has 0 fully saturated rings. The summed E-state index contributed by atoms with van der Waals surface area (Å²) in [5.41, 5.74) is 9.11. The van der Waals surface area contributed by atoms with Gasteiger partial charge in [-0.3, -0.25) is 4.68 Å². The van der Waals surface area contributed by atoms with Crippen molar-refractivity contribution in [2.75, 3.05) is 19.5 Å². The third kappa shape index (κ3) is 2.55. The minimum atomic E-state index is 0.345. The fourth-order valence-electron chi connectivity index (χ4n) is 1.92. The molecule has 0 saturated carbocycles. The highest BCUT2D eigenvalue weighted by Gasteiger charge is 2.16. The van der Waals surface area contributed by atoms with Gasteiger partial charge in [0.2, 0.25) is 0 Å². The van der Waals surface area contributed by atoms with Gasteiger partial charge in [0, 0.05) is 13.7 Å². The van der Waals surface area contributed by atoms with Gasteiger partial charge in [0.1, 0.15) is 0 Å². The van der Waals surface area contributed by atoms with E-state index in [4.69, 9.17) is 10.5 Å². The van der Waals surface area contributed by atoms with Crippen LogP contribution in [0.5, 0.6) is 0 Å². The number of rotatable bonds is 6. The number of ether oxygens (including phenoxy) is 1. The number of hydrogen-bond acceptors (Lipinski definition) is 3. The monoisotopic (exact) mass is 225 g/mol. The molecule has 4 nitrogen and oxygen atoms in total. The summed E-state index contributed by atoms with van der Waals surface area (Å²) in [4.78, 5) is 0. The summed E-state index contributed by atoms with van der Waals surface area (Å²) in [5, 5.41) is 4.59. The lowest BCUT2D eigenvalue weighted by atomic mass is 10.2. The molecule has 0 spiro atoms. The smallest absolute Gasteiger partial charge is 0.0854 e. The van der Waals surface area contributed by atoms with Crippen LogP contribution in [-0.2, 0) is 17.6 Å². The Labute approximate surface area is 97.8 Å². The van der Waals surface area contributed by atoms with E-state index in [1.165, 1.54) is 0 Å². The Morgan fingerprint density at radius 3 is 2.56 bits per heavy atom. The number of aryl methyl sites for hydroxylation is 1. The summed E-state index contributed by atoms with van der Waals surface area (Å²) < 4.78 is 7.16. The van der Waals surface area contributed by atoms with E-state index in [2.05, 4.69) is 30.6 Å².